The molecule has 142 valence electrons. The van der Waals surface area contributed by atoms with Crippen LogP contribution in [0.4, 0.5) is 0 Å². The minimum atomic E-state index is -0.397. The molecule has 0 radical (unpaired) electrons. The zero-order valence-corrected chi connectivity index (χ0v) is 16.1. The zero-order valence-electron chi connectivity index (χ0n) is 14.5. The summed E-state index contributed by atoms with van der Waals surface area (Å²) in [6.45, 7) is 6.49. The van der Waals surface area contributed by atoms with Crippen molar-refractivity contribution in [2.24, 2.45) is 0 Å². The van der Waals surface area contributed by atoms with Crippen LogP contribution in [0.5, 0.6) is 0 Å². The van der Waals surface area contributed by atoms with Gasteiger partial charge in [-0.15, -0.1) is 29.2 Å². The number of allylic oxidation sites excluding steroid dienone is 1. The number of carbonyl (C=O) groups is 1. The Hall–Kier alpha value is -1.91. The van der Waals surface area contributed by atoms with Gasteiger partial charge in [0.1, 0.15) is 5.82 Å². The van der Waals surface area contributed by atoms with Crippen molar-refractivity contribution >= 4 is 30.1 Å². The number of aromatic nitrogens is 5. The van der Waals surface area contributed by atoms with Gasteiger partial charge in [0.2, 0.25) is 0 Å². The molecule has 0 aromatic carbocycles. The van der Waals surface area contributed by atoms with Crippen LogP contribution in [0, 0.1) is 0 Å². The number of hydrogen-bond acceptors (Lipinski definition) is 8. The molecule has 9 nitrogen and oxygen atoms in total. The Kier molecular flexibility index (Phi) is 7.61. The first-order chi connectivity index (χ1) is 12.2. The van der Waals surface area contributed by atoms with Crippen LogP contribution in [0.2, 0.25) is 0 Å². The normalized spacial score (nSPS) is 14.7. The second-order valence-corrected chi connectivity index (χ2v) is 6.59. The molecule has 1 aliphatic rings. The number of hydrogen-bond donors (Lipinski definition) is 2. The minimum absolute atomic E-state index is 0. The molecule has 2 N–H and O–H groups in total. The Morgan fingerprint density at radius 2 is 2.23 bits per heavy atom. The molecule has 0 unspecified atom stereocenters. The van der Waals surface area contributed by atoms with Crippen molar-refractivity contribution in [1.82, 2.24) is 35.5 Å². The monoisotopic (exact) mass is 399 g/mol. The Bertz CT molecular complexity index is 742. The number of rotatable bonds is 7. The second-order valence-electron chi connectivity index (χ2n) is 5.65. The largest absolute Gasteiger partial charge is 0.351 e. The number of carbonyl (C=O) groups excluding carboxylic acids is 1. The molecule has 1 fully saturated rings. The van der Waals surface area contributed by atoms with Gasteiger partial charge in [-0.3, -0.25) is 4.79 Å². The number of thioether (sulfide) groups is 1. The smallest absolute Gasteiger partial charge is 0.315 e. The van der Waals surface area contributed by atoms with Crippen LogP contribution in [0.1, 0.15) is 41.1 Å². The predicted molar refractivity (Wildman–Crippen MR) is 99.6 cm³/mol. The summed E-state index contributed by atoms with van der Waals surface area (Å²) in [5.41, 5.74) is 0. The van der Waals surface area contributed by atoms with E-state index in [2.05, 4.69) is 42.1 Å². The maximum Gasteiger partial charge on any atom is 0.315 e. The fourth-order valence-corrected chi connectivity index (χ4v) is 3.53. The maximum absolute atomic E-state index is 11.5. The van der Waals surface area contributed by atoms with Crippen molar-refractivity contribution in [2.45, 2.75) is 36.2 Å². The second kappa shape index (κ2) is 9.70. The van der Waals surface area contributed by atoms with Crippen LogP contribution in [0.3, 0.4) is 0 Å². The molecule has 0 bridgehead atoms. The van der Waals surface area contributed by atoms with Gasteiger partial charge in [-0.2, -0.15) is 4.98 Å². The van der Waals surface area contributed by atoms with Crippen LogP contribution >= 0.6 is 24.2 Å². The third-order valence-electron chi connectivity index (χ3n) is 3.98. The summed E-state index contributed by atoms with van der Waals surface area (Å²) >= 11 is 1.47. The Balaban J connectivity index is 0.00000243. The highest BCUT2D eigenvalue weighted by Gasteiger charge is 2.23. The highest BCUT2D eigenvalue weighted by Crippen LogP contribution is 2.28. The van der Waals surface area contributed by atoms with E-state index in [0.29, 0.717) is 24.0 Å². The van der Waals surface area contributed by atoms with Crippen LogP contribution in [0.15, 0.2) is 22.3 Å². The van der Waals surface area contributed by atoms with E-state index in [9.17, 15) is 4.79 Å². The van der Waals surface area contributed by atoms with Crippen molar-refractivity contribution in [1.29, 1.82) is 0 Å². The van der Waals surface area contributed by atoms with Gasteiger partial charge >= 0.3 is 11.8 Å². The Morgan fingerprint density at radius 3 is 2.92 bits per heavy atom. The lowest BCUT2D eigenvalue weighted by Gasteiger charge is -2.22. The summed E-state index contributed by atoms with van der Waals surface area (Å²) in [7, 11) is 1.51. The predicted octanol–water partition coefficient (Wildman–Crippen LogP) is 1.39. The van der Waals surface area contributed by atoms with E-state index >= 15 is 0 Å². The van der Waals surface area contributed by atoms with Crippen LogP contribution in [0.25, 0.3) is 0 Å². The molecule has 0 saturated carbocycles. The molecule has 3 heterocycles. The Labute approximate surface area is 161 Å². The van der Waals surface area contributed by atoms with E-state index in [1.54, 1.807) is 0 Å². The van der Waals surface area contributed by atoms with Crippen molar-refractivity contribution < 1.29 is 9.32 Å². The van der Waals surface area contributed by atoms with E-state index in [4.69, 9.17) is 4.52 Å². The Morgan fingerprint density at radius 1 is 1.46 bits per heavy atom. The summed E-state index contributed by atoms with van der Waals surface area (Å²) in [5.74, 6) is 1.87. The summed E-state index contributed by atoms with van der Waals surface area (Å²) in [5, 5.41) is 19.2. The molecule has 2 aromatic rings. The first kappa shape index (κ1) is 20.4. The molecule has 1 aliphatic heterocycles. The molecule has 0 spiro atoms. The summed E-state index contributed by atoms with van der Waals surface area (Å²) < 4.78 is 7.02. The average molecular weight is 400 g/mol. The summed E-state index contributed by atoms with van der Waals surface area (Å²) in [6, 6.07) is 0. The third kappa shape index (κ3) is 4.63. The highest BCUT2D eigenvalue weighted by molar-refractivity contribution is 7.98. The number of amides is 1. The standard InChI is InChI=1S/C15H21N7O2S.ClH/c1-3-8-22-12(10-4-6-17-7-5-10)19-20-15(22)25-9-11-18-14(24-21-11)13(23)16-2;/h3,10,17H,1,4-9H2,2H3,(H,16,23);1H. The van der Waals surface area contributed by atoms with Gasteiger partial charge in [0.05, 0.1) is 5.75 Å². The molecule has 2 aromatic heterocycles. The first-order valence-electron chi connectivity index (χ1n) is 8.15. The molecule has 1 saturated heterocycles. The quantitative estimate of drug-likeness (QED) is 0.530. The lowest BCUT2D eigenvalue weighted by molar-refractivity contribution is 0.0919. The fraction of sp³-hybridized carbons (Fsp3) is 0.533. The molecule has 3 rings (SSSR count). The third-order valence-corrected chi connectivity index (χ3v) is 4.94. The van der Waals surface area contributed by atoms with E-state index < -0.39 is 5.91 Å². The number of halogens is 1. The van der Waals surface area contributed by atoms with E-state index in [0.717, 1.165) is 36.9 Å². The van der Waals surface area contributed by atoms with Gasteiger partial charge < -0.3 is 19.7 Å². The van der Waals surface area contributed by atoms with E-state index in [1.807, 2.05) is 6.08 Å². The number of piperidine rings is 1. The van der Waals surface area contributed by atoms with E-state index in [-0.39, 0.29) is 18.3 Å². The van der Waals surface area contributed by atoms with Gasteiger partial charge in [-0.1, -0.05) is 23.0 Å². The lowest BCUT2D eigenvalue weighted by Crippen LogP contribution is -2.28. The van der Waals surface area contributed by atoms with Crippen LogP contribution in [-0.4, -0.2) is 50.9 Å². The van der Waals surface area contributed by atoms with Gasteiger partial charge in [-0.25, -0.2) is 0 Å². The maximum atomic E-state index is 11.5. The number of nitrogens with one attached hydrogen (secondary N) is 2. The first-order valence-corrected chi connectivity index (χ1v) is 9.13. The zero-order chi connectivity index (χ0) is 17.6. The molecule has 11 heteroatoms. The molecule has 1 amide bonds. The van der Waals surface area contributed by atoms with Crippen molar-refractivity contribution in [3.8, 4) is 0 Å². The summed E-state index contributed by atoms with van der Waals surface area (Å²) in [6.07, 6.45) is 3.95. The molecular weight excluding hydrogens is 378 g/mol. The van der Waals surface area contributed by atoms with Gasteiger partial charge in [0, 0.05) is 19.5 Å². The lowest BCUT2D eigenvalue weighted by atomic mass is 9.97. The molecule has 0 atom stereocenters. The van der Waals surface area contributed by atoms with Gasteiger partial charge in [0.15, 0.2) is 11.0 Å². The minimum Gasteiger partial charge on any atom is -0.351 e. The topological polar surface area (TPSA) is 111 Å². The van der Waals surface area contributed by atoms with Crippen molar-refractivity contribution in [2.75, 3.05) is 20.1 Å². The SMILES string of the molecule is C=CCn1c(SCc2noc(C(=O)NC)n2)nnc1C1CCNCC1.Cl. The highest BCUT2D eigenvalue weighted by atomic mass is 35.5. The van der Waals surface area contributed by atoms with Crippen molar-refractivity contribution in [3.05, 3.63) is 30.2 Å². The molecular formula is C15H22ClN7O2S. The average Bonchev–Trinajstić information content (AvgIpc) is 3.27. The number of nitrogens with zero attached hydrogens (tertiary/aromatic N) is 5. The fourth-order valence-electron chi connectivity index (χ4n) is 2.73. The van der Waals surface area contributed by atoms with Gasteiger partial charge in [-0.05, 0) is 25.9 Å². The van der Waals surface area contributed by atoms with Crippen LogP contribution in [-0.2, 0) is 12.3 Å². The molecule has 26 heavy (non-hydrogen) atoms. The van der Waals surface area contributed by atoms with E-state index in [1.165, 1.54) is 18.8 Å². The summed E-state index contributed by atoms with van der Waals surface area (Å²) in [4.78, 5) is 15.5. The van der Waals surface area contributed by atoms with Crippen LogP contribution < -0.4 is 10.6 Å². The molecule has 0 aliphatic carbocycles. The van der Waals surface area contributed by atoms with Crippen molar-refractivity contribution in [3.63, 3.8) is 0 Å². The van der Waals surface area contributed by atoms with Gasteiger partial charge in [0.25, 0.3) is 0 Å².